The fourth-order valence-electron chi connectivity index (χ4n) is 2.42. The van der Waals surface area contributed by atoms with Crippen molar-refractivity contribution in [2.75, 3.05) is 6.61 Å². The SMILES string of the molecule is Cc1ncc(COP(=O)(O)O)c(C(N)=N[C@H](COP(=O)(O)O)Cc2cnc[nH]2)c1O. The van der Waals surface area contributed by atoms with Crippen molar-refractivity contribution < 1.29 is 42.9 Å². The van der Waals surface area contributed by atoms with E-state index in [9.17, 15) is 14.2 Å². The van der Waals surface area contributed by atoms with E-state index in [0.717, 1.165) is 0 Å². The average molecular weight is 465 g/mol. The number of nitrogens with one attached hydrogen (secondary N) is 1. The van der Waals surface area contributed by atoms with Crippen molar-refractivity contribution >= 4 is 21.5 Å². The van der Waals surface area contributed by atoms with Crippen LogP contribution in [0.4, 0.5) is 0 Å². The van der Waals surface area contributed by atoms with Crippen molar-refractivity contribution in [3.63, 3.8) is 0 Å². The van der Waals surface area contributed by atoms with Crippen LogP contribution < -0.4 is 5.73 Å². The van der Waals surface area contributed by atoms with Crippen molar-refractivity contribution in [3.05, 3.63) is 41.2 Å². The molecule has 166 valence electrons. The minimum absolute atomic E-state index is 0.0406. The number of aromatic amines is 1. The second-order valence-electron chi connectivity index (χ2n) is 6.09. The van der Waals surface area contributed by atoms with Crippen LogP contribution in [-0.2, 0) is 31.2 Å². The Morgan fingerprint density at radius 1 is 1.23 bits per heavy atom. The lowest BCUT2D eigenvalue weighted by atomic mass is 10.1. The van der Waals surface area contributed by atoms with E-state index in [1.54, 1.807) is 0 Å². The molecular weight excluding hydrogens is 444 g/mol. The second kappa shape index (κ2) is 9.77. The molecule has 0 unspecified atom stereocenters. The Balaban J connectivity index is 2.39. The smallest absolute Gasteiger partial charge is 0.469 e. The molecule has 0 saturated heterocycles. The van der Waals surface area contributed by atoms with Gasteiger partial charge < -0.3 is 35.4 Å². The Morgan fingerprint density at radius 2 is 1.90 bits per heavy atom. The lowest BCUT2D eigenvalue weighted by molar-refractivity contribution is 0.185. The van der Waals surface area contributed by atoms with Crippen LogP contribution in [0.15, 0.2) is 23.7 Å². The molecule has 0 aliphatic rings. The van der Waals surface area contributed by atoms with Gasteiger partial charge in [0.25, 0.3) is 0 Å². The van der Waals surface area contributed by atoms with E-state index >= 15 is 0 Å². The molecule has 0 bridgehead atoms. The molecule has 14 nitrogen and oxygen atoms in total. The van der Waals surface area contributed by atoms with Crippen molar-refractivity contribution in [1.29, 1.82) is 0 Å². The predicted octanol–water partition coefficient (Wildman–Crippen LogP) is -0.146. The number of aryl methyl sites for hydroxylation is 1. The van der Waals surface area contributed by atoms with E-state index in [0.29, 0.717) is 5.69 Å². The van der Waals surface area contributed by atoms with Crippen molar-refractivity contribution in [2.24, 2.45) is 10.7 Å². The molecule has 0 saturated carbocycles. The quantitative estimate of drug-likeness (QED) is 0.138. The molecule has 0 radical (unpaired) electrons. The summed E-state index contributed by atoms with van der Waals surface area (Å²) in [7, 11) is -9.59. The number of hydrogen-bond acceptors (Lipinski definition) is 8. The Labute approximate surface area is 170 Å². The van der Waals surface area contributed by atoms with Crippen LogP contribution in [0.1, 0.15) is 22.5 Å². The van der Waals surface area contributed by atoms with Crippen LogP contribution in [0.25, 0.3) is 0 Å². The van der Waals surface area contributed by atoms with Crippen molar-refractivity contribution in [3.8, 4) is 5.75 Å². The van der Waals surface area contributed by atoms with Crippen LogP contribution in [0.5, 0.6) is 5.75 Å². The number of pyridine rings is 1. The summed E-state index contributed by atoms with van der Waals surface area (Å²) in [6.45, 7) is 0.336. The van der Waals surface area contributed by atoms with Crippen LogP contribution in [0.2, 0.25) is 0 Å². The normalized spacial score (nSPS) is 14.1. The number of imidazole rings is 1. The Bertz CT molecular complexity index is 986. The number of rotatable bonds is 10. The summed E-state index contributed by atoms with van der Waals surface area (Å²) in [6.07, 6.45) is 4.20. The van der Waals surface area contributed by atoms with Gasteiger partial charge in [0.15, 0.2) is 0 Å². The van der Waals surface area contributed by atoms with E-state index in [2.05, 4.69) is 29.0 Å². The summed E-state index contributed by atoms with van der Waals surface area (Å²) in [5.41, 5.74) is 6.71. The van der Waals surface area contributed by atoms with Crippen LogP contribution in [-0.4, -0.2) is 58.1 Å². The van der Waals surface area contributed by atoms with Crippen LogP contribution in [0.3, 0.4) is 0 Å². The molecule has 2 heterocycles. The number of aromatic hydroxyl groups is 1. The molecular formula is C14H21N5O9P2. The van der Waals surface area contributed by atoms with Crippen molar-refractivity contribution in [2.45, 2.75) is 26.0 Å². The number of phosphoric ester groups is 2. The highest BCUT2D eigenvalue weighted by Crippen LogP contribution is 2.38. The van der Waals surface area contributed by atoms with Gasteiger partial charge in [-0.25, -0.2) is 14.1 Å². The number of aliphatic imine (C=N–C) groups is 1. The maximum Gasteiger partial charge on any atom is 0.469 e. The third kappa shape index (κ3) is 7.59. The molecule has 8 N–H and O–H groups in total. The molecule has 0 aliphatic carbocycles. The van der Waals surface area contributed by atoms with Crippen LogP contribution >= 0.6 is 15.6 Å². The molecule has 0 amide bonds. The standard InChI is InChI=1S/C14H21N5O9P2/c1-8-13(20)12(9(3-17-8)5-27-29(21,22)23)14(15)19-11(6-28-30(24,25)26)2-10-4-16-7-18-10/h3-4,7,11,20H,2,5-6H2,1H3,(H2,15,19)(H,16,18)(H2,21,22,23)(H2,24,25,26)/t11-/m0/s1. The van der Waals surface area contributed by atoms with Gasteiger partial charge >= 0.3 is 15.6 Å². The molecule has 1 atom stereocenters. The van der Waals surface area contributed by atoms with E-state index < -0.39 is 34.9 Å². The Hall–Kier alpha value is -2.15. The van der Waals surface area contributed by atoms with Gasteiger partial charge in [0, 0.05) is 30.1 Å². The maximum atomic E-state index is 11.1. The zero-order chi connectivity index (χ0) is 22.5. The van der Waals surface area contributed by atoms with Gasteiger partial charge in [0.2, 0.25) is 0 Å². The number of nitrogens with zero attached hydrogens (tertiary/aromatic N) is 3. The van der Waals surface area contributed by atoms with Crippen molar-refractivity contribution in [1.82, 2.24) is 15.0 Å². The lowest BCUT2D eigenvalue weighted by Crippen LogP contribution is -2.24. The lowest BCUT2D eigenvalue weighted by Gasteiger charge is -2.17. The van der Waals surface area contributed by atoms with Gasteiger partial charge in [-0.05, 0) is 6.92 Å². The molecule has 0 fully saturated rings. The molecule has 16 heteroatoms. The van der Waals surface area contributed by atoms with E-state index in [1.807, 2.05) is 0 Å². The zero-order valence-electron chi connectivity index (χ0n) is 15.6. The fraction of sp³-hybridized carbons (Fsp3) is 0.357. The molecule has 2 aromatic heterocycles. The number of H-pyrrole nitrogens is 1. The van der Waals surface area contributed by atoms with E-state index in [1.165, 1.54) is 25.6 Å². The van der Waals surface area contributed by atoms with Gasteiger partial charge in [0.05, 0.1) is 36.8 Å². The topological polar surface area (TPSA) is 234 Å². The number of nitrogens with two attached hydrogens (primary N) is 1. The van der Waals surface area contributed by atoms with E-state index in [4.69, 9.17) is 25.3 Å². The first-order valence-electron chi connectivity index (χ1n) is 8.24. The second-order valence-corrected chi connectivity index (χ2v) is 8.57. The number of amidine groups is 1. The first-order chi connectivity index (χ1) is 13.9. The first-order valence-corrected chi connectivity index (χ1v) is 11.3. The highest BCUT2D eigenvalue weighted by Gasteiger charge is 2.23. The largest absolute Gasteiger partial charge is 0.505 e. The van der Waals surface area contributed by atoms with E-state index in [-0.39, 0.29) is 34.8 Å². The Kier molecular flexibility index (Phi) is 7.86. The van der Waals surface area contributed by atoms with Gasteiger partial charge in [-0.1, -0.05) is 0 Å². The summed E-state index contributed by atoms with van der Waals surface area (Å²) < 4.78 is 31.0. The predicted molar refractivity (Wildman–Crippen MR) is 102 cm³/mol. The zero-order valence-corrected chi connectivity index (χ0v) is 17.4. The highest BCUT2D eigenvalue weighted by atomic mass is 31.2. The molecule has 0 spiro atoms. The summed E-state index contributed by atoms with van der Waals surface area (Å²) in [4.78, 5) is 50.5. The Morgan fingerprint density at radius 3 is 2.47 bits per heavy atom. The van der Waals surface area contributed by atoms with Crippen LogP contribution in [0, 0.1) is 6.92 Å². The fourth-order valence-corrected chi connectivity index (χ4v) is 3.09. The molecule has 2 rings (SSSR count). The maximum absolute atomic E-state index is 11.1. The summed E-state index contributed by atoms with van der Waals surface area (Å²) in [5.74, 6) is -0.666. The summed E-state index contributed by atoms with van der Waals surface area (Å²) in [6, 6.07) is -0.901. The number of hydrogen-bond donors (Lipinski definition) is 7. The first kappa shape index (κ1) is 24.1. The van der Waals surface area contributed by atoms with Gasteiger partial charge in [-0.2, -0.15) is 0 Å². The number of aromatic nitrogens is 3. The highest BCUT2D eigenvalue weighted by molar-refractivity contribution is 7.46. The third-order valence-corrected chi connectivity index (χ3v) is 4.68. The minimum atomic E-state index is -4.81. The van der Waals surface area contributed by atoms with Gasteiger partial charge in [0.1, 0.15) is 11.6 Å². The number of phosphoric acid groups is 2. The average Bonchev–Trinajstić information content (AvgIpc) is 3.12. The van der Waals surface area contributed by atoms with Gasteiger partial charge in [-0.15, -0.1) is 0 Å². The molecule has 0 aliphatic heterocycles. The molecule has 30 heavy (non-hydrogen) atoms. The monoisotopic (exact) mass is 465 g/mol. The molecule has 0 aromatic carbocycles. The molecule has 2 aromatic rings. The third-order valence-electron chi connectivity index (χ3n) is 3.73. The summed E-state index contributed by atoms with van der Waals surface area (Å²) >= 11 is 0. The summed E-state index contributed by atoms with van der Waals surface area (Å²) in [5, 5.41) is 10.4. The van der Waals surface area contributed by atoms with Gasteiger partial charge in [-0.3, -0.25) is 19.0 Å². The minimum Gasteiger partial charge on any atom is -0.505 e.